The number of pyridine rings is 1. The number of rotatable bonds is 4. The highest BCUT2D eigenvalue weighted by Gasteiger charge is 2.24. The Bertz CT molecular complexity index is 949. The van der Waals surface area contributed by atoms with Crippen molar-refractivity contribution in [2.45, 2.75) is 6.54 Å². The van der Waals surface area contributed by atoms with Gasteiger partial charge in [-0.3, -0.25) is 9.78 Å². The standard InChI is InChI=1S/C21H22N6O2/c28-20(18-2-1-7-22-15-18)25-10-12-26(13-11-25)21(29)24-14-17-3-5-19(6-4-17)27-9-8-23-16-27/h1-9,15-16H,10-14H2,(H,24,29). The Hall–Kier alpha value is -3.68. The Labute approximate surface area is 168 Å². The Balaban J connectivity index is 1.25. The second-order valence-corrected chi connectivity index (χ2v) is 6.82. The number of hydrogen-bond donors (Lipinski definition) is 1. The summed E-state index contributed by atoms with van der Waals surface area (Å²) in [7, 11) is 0. The van der Waals surface area contributed by atoms with Gasteiger partial charge < -0.3 is 19.7 Å². The fourth-order valence-electron chi connectivity index (χ4n) is 3.27. The highest BCUT2D eigenvalue weighted by molar-refractivity contribution is 5.94. The van der Waals surface area contributed by atoms with Crippen molar-refractivity contribution in [2.24, 2.45) is 0 Å². The Morgan fingerprint density at radius 2 is 1.69 bits per heavy atom. The monoisotopic (exact) mass is 390 g/mol. The topological polar surface area (TPSA) is 83.4 Å². The minimum Gasteiger partial charge on any atom is -0.335 e. The van der Waals surface area contributed by atoms with Crippen molar-refractivity contribution < 1.29 is 9.59 Å². The van der Waals surface area contributed by atoms with E-state index in [2.05, 4.69) is 15.3 Å². The van der Waals surface area contributed by atoms with Gasteiger partial charge in [-0.25, -0.2) is 9.78 Å². The molecule has 1 N–H and O–H groups in total. The number of nitrogens with one attached hydrogen (secondary N) is 1. The van der Waals surface area contributed by atoms with Gasteiger partial charge in [0, 0.05) is 63.2 Å². The van der Waals surface area contributed by atoms with Crippen LogP contribution in [0.25, 0.3) is 5.69 Å². The molecule has 0 aliphatic carbocycles. The number of imidazole rings is 1. The summed E-state index contributed by atoms with van der Waals surface area (Å²) in [6.45, 7) is 2.51. The van der Waals surface area contributed by atoms with E-state index < -0.39 is 0 Å². The van der Waals surface area contributed by atoms with E-state index in [-0.39, 0.29) is 11.9 Å². The van der Waals surface area contributed by atoms with E-state index >= 15 is 0 Å². The van der Waals surface area contributed by atoms with Crippen LogP contribution in [-0.2, 0) is 6.54 Å². The number of urea groups is 1. The summed E-state index contributed by atoms with van der Waals surface area (Å²) in [4.78, 5) is 36.5. The quantitative estimate of drug-likeness (QED) is 0.738. The van der Waals surface area contributed by atoms with E-state index in [1.54, 1.807) is 46.9 Å². The van der Waals surface area contributed by atoms with Crippen LogP contribution in [-0.4, -0.2) is 62.5 Å². The second-order valence-electron chi connectivity index (χ2n) is 6.82. The van der Waals surface area contributed by atoms with Crippen LogP contribution < -0.4 is 5.32 Å². The molecule has 0 radical (unpaired) electrons. The van der Waals surface area contributed by atoms with Gasteiger partial charge in [-0.05, 0) is 29.8 Å². The molecule has 1 fully saturated rings. The first-order chi connectivity index (χ1) is 14.2. The predicted octanol–water partition coefficient (Wildman–Crippen LogP) is 1.93. The van der Waals surface area contributed by atoms with Gasteiger partial charge in [0.05, 0.1) is 11.9 Å². The first-order valence-corrected chi connectivity index (χ1v) is 9.50. The summed E-state index contributed by atoms with van der Waals surface area (Å²) < 4.78 is 1.93. The number of carbonyl (C=O) groups excluding carboxylic acids is 2. The van der Waals surface area contributed by atoms with E-state index in [1.165, 1.54) is 0 Å². The van der Waals surface area contributed by atoms with Gasteiger partial charge in [0.25, 0.3) is 5.91 Å². The van der Waals surface area contributed by atoms with E-state index in [1.807, 2.05) is 35.0 Å². The molecule has 2 aromatic heterocycles. The fourth-order valence-corrected chi connectivity index (χ4v) is 3.27. The average Bonchev–Trinajstić information content (AvgIpc) is 3.33. The summed E-state index contributed by atoms with van der Waals surface area (Å²) in [6, 6.07) is 11.3. The molecule has 8 nitrogen and oxygen atoms in total. The van der Waals surface area contributed by atoms with Crippen LogP contribution in [0.1, 0.15) is 15.9 Å². The van der Waals surface area contributed by atoms with Gasteiger partial charge in [0.1, 0.15) is 0 Å². The van der Waals surface area contributed by atoms with Crippen LogP contribution in [0.15, 0.2) is 67.5 Å². The number of piperazine rings is 1. The molecular formula is C21H22N6O2. The van der Waals surface area contributed by atoms with Crippen molar-refractivity contribution in [3.63, 3.8) is 0 Å². The lowest BCUT2D eigenvalue weighted by Crippen LogP contribution is -2.53. The van der Waals surface area contributed by atoms with Gasteiger partial charge in [-0.1, -0.05) is 12.1 Å². The SMILES string of the molecule is O=C(NCc1ccc(-n2ccnc2)cc1)N1CCN(C(=O)c2cccnc2)CC1. The van der Waals surface area contributed by atoms with Gasteiger partial charge in [0.2, 0.25) is 0 Å². The van der Waals surface area contributed by atoms with Crippen LogP contribution in [0.5, 0.6) is 0 Å². The normalized spacial score (nSPS) is 13.9. The molecule has 0 saturated carbocycles. The number of hydrogen-bond acceptors (Lipinski definition) is 4. The molecule has 0 spiro atoms. The molecule has 29 heavy (non-hydrogen) atoms. The third-order valence-electron chi connectivity index (χ3n) is 4.95. The van der Waals surface area contributed by atoms with E-state index in [0.29, 0.717) is 38.3 Å². The highest BCUT2D eigenvalue weighted by Crippen LogP contribution is 2.10. The number of amides is 3. The largest absolute Gasteiger partial charge is 0.335 e. The molecule has 0 bridgehead atoms. The summed E-state index contributed by atoms with van der Waals surface area (Å²) in [5.41, 5.74) is 2.61. The van der Waals surface area contributed by atoms with Crippen molar-refractivity contribution in [3.05, 3.63) is 78.6 Å². The first-order valence-electron chi connectivity index (χ1n) is 9.50. The molecule has 1 aliphatic rings. The first kappa shape index (κ1) is 18.7. The number of aromatic nitrogens is 3. The van der Waals surface area contributed by atoms with Gasteiger partial charge >= 0.3 is 6.03 Å². The lowest BCUT2D eigenvalue weighted by molar-refractivity contribution is 0.0664. The molecule has 4 rings (SSSR count). The smallest absolute Gasteiger partial charge is 0.317 e. The lowest BCUT2D eigenvalue weighted by Gasteiger charge is -2.34. The molecule has 3 amide bonds. The minimum atomic E-state index is -0.114. The Morgan fingerprint density at radius 1 is 0.931 bits per heavy atom. The Morgan fingerprint density at radius 3 is 2.34 bits per heavy atom. The van der Waals surface area contributed by atoms with Crippen molar-refractivity contribution in [2.75, 3.05) is 26.2 Å². The highest BCUT2D eigenvalue weighted by atomic mass is 16.2. The van der Waals surface area contributed by atoms with Crippen LogP contribution >= 0.6 is 0 Å². The van der Waals surface area contributed by atoms with Crippen LogP contribution in [0.2, 0.25) is 0 Å². The van der Waals surface area contributed by atoms with Crippen molar-refractivity contribution in [3.8, 4) is 5.69 Å². The van der Waals surface area contributed by atoms with Crippen LogP contribution in [0.3, 0.4) is 0 Å². The van der Waals surface area contributed by atoms with Crippen LogP contribution in [0.4, 0.5) is 4.79 Å². The van der Waals surface area contributed by atoms with Gasteiger partial charge in [0.15, 0.2) is 0 Å². The molecule has 3 heterocycles. The molecule has 0 unspecified atom stereocenters. The van der Waals surface area contributed by atoms with Gasteiger partial charge in [-0.2, -0.15) is 0 Å². The molecular weight excluding hydrogens is 368 g/mol. The number of nitrogens with zero attached hydrogens (tertiary/aromatic N) is 5. The summed E-state index contributed by atoms with van der Waals surface area (Å²) in [5, 5.41) is 2.95. The zero-order valence-corrected chi connectivity index (χ0v) is 15.9. The summed E-state index contributed by atoms with van der Waals surface area (Å²) >= 11 is 0. The molecule has 148 valence electrons. The Kier molecular flexibility index (Phi) is 5.51. The van der Waals surface area contributed by atoms with Crippen LogP contribution in [0, 0.1) is 0 Å². The molecule has 1 saturated heterocycles. The molecule has 0 atom stereocenters. The molecule has 8 heteroatoms. The third-order valence-corrected chi connectivity index (χ3v) is 4.95. The lowest BCUT2D eigenvalue weighted by atomic mass is 10.2. The second kappa shape index (κ2) is 8.55. The van der Waals surface area contributed by atoms with Crippen molar-refractivity contribution in [1.82, 2.24) is 29.7 Å². The molecule has 1 aromatic carbocycles. The summed E-state index contributed by atoms with van der Waals surface area (Å²) in [5.74, 6) is -0.0452. The summed E-state index contributed by atoms with van der Waals surface area (Å²) in [6.07, 6.45) is 8.58. The third kappa shape index (κ3) is 4.43. The molecule has 1 aliphatic heterocycles. The van der Waals surface area contributed by atoms with Crippen molar-refractivity contribution in [1.29, 1.82) is 0 Å². The van der Waals surface area contributed by atoms with Gasteiger partial charge in [-0.15, -0.1) is 0 Å². The number of carbonyl (C=O) groups is 2. The molecule has 3 aromatic rings. The average molecular weight is 390 g/mol. The fraction of sp³-hybridized carbons (Fsp3) is 0.238. The van der Waals surface area contributed by atoms with E-state index in [0.717, 1.165) is 11.3 Å². The van der Waals surface area contributed by atoms with E-state index in [4.69, 9.17) is 0 Å². The van der Waals surface area contributed by atoms with E-state index in [9.17, 15) is 9.59 Å². The zero-order chi connectivity index (χ0) is 20.1. The predicted molar refractivity (Wildman–Crippen MR) is 108 cm³/mol. The van der Waals surface area contributed by atoms with Crippen molar-refractivity contribution >= 4 is 11.9 Å². The maximum absolute atomic E-state index is 12.5. The minimum absolute atomic E-state index is 0.0452. The maximum atomic E-state index is 12.5. The zero-order valence-electron chi connectivity index (χ0n) is 15.9. The number of benzene rings is 1. The maximum Gasteiger partial charge on any atom is 0.317 e.